The number of nitrogens with zero attached hydrogens (tertiary/aromatic N) is 4. The van der Waals surface area contributed by atoms with Gasteiger partial charge in [0.1, 0.15) is 5.54 Å². The molecule has 3 saturated heterocycles. The van der Waals surface area contributed by atoms with Crippen molar-refractivity contribution in [2.75, 3.05) is 45.8 Å². The van der Waals surface area contributed by atoms with Gasteiger partial charge >= 0.3 is 6.03 Å². The lowest BCUT2D eigenvalue weighted by molar-refractivity contribution is -0.136. The van der Waals surface area contributed by atoms with Gasteiger partial charge in [0.25, 0.3) is 5.91 Å². The fourth-order valence-corrected chi connectivity index (χ4v) is 6.70. The van der Waals surface area contributed by atoms with Crippen molar-refractivity contribution < 1.29 is 14.4 Å². The Kier molecular flexibility index (Phi) is 8.49. The maximum absolute atomic E-state index is 13.5. The van der Waals surface area contributed by atoms with Crippen molar-refractivity contribution >= 4 is 30.3 Å². The van der Waals surface area contributed by atoms with Crippen LogP contribution in [-0.2, 0) is 9.59 Å². The number of likely N-dealkylation sites (tertiary alicyclic amines) is 2. The fourth-order valence-electron chi connectivity index (χ4n) is 6.70. The molecule has 3 heterocycles. The zero-order chi connectivity index (χ0) is 26.4. The van der Waals surface area contributed by atoms with Gasteiger partial charge in [0.2, 0.25) is 5.91 Å². The van der Waals surface area contributed by atoms with Crippen LogP contribution in [0.2, 0.25) is 0 Å². The van der Waals surface area contributed by atoms with Crippen LogP contribution in [0.1, 0.15) is 71.3 Å². The number of imide groups is 1. The Morgan fingerprint density at radius 3 is 2.24 bits per heavy atom. The van der Waals surface area contributed by atoms with Gasteiger partial charge in [-0.15, -0.1) is 12.4 Å². The lowest BCUT2D eigenvalue weighted by Gasteiger charge is -2.43. The van der Waals surface area contributed by atoms with E-state index in [-0.39, 0.29) is 35.7 Å². The molecule has 8 heteroatoms. The summed E-state index contributed by atoms with van der Waals surface area (Å²) in [5, 5.41) is 0. The maximum Gasteiger partial charge on any atom is 0.327 e. The summed E-state index contributed by atoms with van der Waals surface area (Å²) >= 11 is 0. The predicted molar refractivity (Wildman–Crippen MR) is 151 cm³/mol. The summed E-state index contributed by atoms with van der Waals surface area (Å²) in [6.45, 7) is 13.5. The Bertz CT molecular complexity index is 1010. The van der Waals surface area contributed by atoms with Gasteiger partial charge < -0.3 is 14.7 Å². The highest BCUT2D eigenvalue weighted by Gasteiger charge is 2.58. The zero-order valence-electron chi connectivity index (χ0n) is 23.5. The number of piperidine rings is 1. The molecule has 0 N–H and O–H groups in total. The molecule has 1 saturated carbocycles. The van der Waals surface area contributed by atoms with Crippen molar-refractivity contribution in [1.82, 2.24) is 19.6 Å². The summed E-state index contributed by atoms with van der Waals surface area (Å²) < 4.78 is 0. The molecule has 1 aliphatic carbocycles. The summed E-state index contributed by atoms with van der Waals surface area (Å²) in [4.78, 5) is 47.7. The van der Waals surface area contributed by atoms with Gasteiger partial charge in [-0.3, -0.25) is 14.5 Å². The fraction of sp³-hybridized carbons (Fsp3) is 0.700. The molecular formula is C30H45ClN4O3. The maximum atomic E-state index is 13.5. The second-order valence-electron chi connectivity index (χ2n) is 13.0. The molecule has 210 valence electrons. The minimum Gasteiger partial charge on any atom is -0.342 e. The standard InChI is InChI=1S/C30H44N4O3.ClH/c1-5-33-27(36)30(34(28(33)37)18-22-11-12-22)13-15-31(16-14-30)19-24-20-32(26(35)17-29(2,3)4)21-25(24)23-9-7-6-8-10-23;/h6-10,22,24-25H,5,11-21H2,1-4H3;1H/t24-,25+;/m0./s1. The molecule has 0 aromatic heterocycles. The minimum absolute atomic E-state index is 0. The van der Waals surface area contributed by atoms with Gasteiger partial charge in [-0.1, -0.05) is 51.1 Å². The van der Waals surface area contributed by atoms with E-state index < -0.39 is 5.54 Å². The SMILES string of the molecule is CCN1C(=O)N(CC2CC2)C2(CCN(C[C@H]3CN(C(=O)CC(C)(C)C)C[C@@H]3c3ccccc3)CC2)C1=O.Cl. The van der Waals surface area contributed by atoms with E-state index in [0.717, 1.165) is 39.3 Å². The number of carbonyl (C=O) groups is 3. The monoisotopic (exact) mass is 544 g/mol. The Morgan fingerprint density at radius 1 is 1.00 bits per heavy atom. The van der Waals surface area contributed by atoms with Gasteiger partial charge in [-0.05, 0) is 55.4 Å². The highest BCUT2D eigenvalue weighted by molar-refractivity contribution is 6.07. The van der Waals surface area contributed by atoms with Crippen molar-refractivity contribution in [1.29, 1.82) is 0 Å². The number of hydrogen-bond donors (Lipinski definition) is 0. The van der Waals surface area contributed by atoms with Crippen LogP contribution in [0, 0.1) is 17.3 Å². The molecule has 3 aliphatic heterocycles. The lowest BCUT2D eigenvalue weighted by Crippen LogP contribution is -2.57. The highest BCUT2D eigenvalue weighted by atomic mass is 35.5. The number of benzene rings is 1. The first-order chi connectivity index (χ1) is 17.6. The molecule has 4 aliphatic rings. The number of likely N-dealkylation sites (N-methyl/N-ethyl adjacent to an activating group) is 1. The van der Waals surface area contributed by atoms with Crippen LogP contribution in [0.3, 0.4) is 0 Å². The largest absolute Gasteiger partial charge is 0.342 e. The number of hydrogen-bond acceptors (Lipinski definition) is 4. The van der Waals surface area contributed by atoms with Crippen LogP contribution in [0.5, 0.6) is 0 Å². The number of rotatable bonds is 7. The third kappa shape index (κ3) is 5.74. The van der Waals surface area contributed by atoms with Crippen molar-refractivity contribution in [2.45, 2.75) is 71.3 Å². The molecular weight excluding hydrogens is 500 g/mol. The first kappa shape index (κ1) is 28.9. The molecule has 1 spiro atoms. The molecule has 0 radical (unpaired) electrons. The Balaban J connectivity index is 0.00000336. The van der Waals surface area contributed by atoms with E-state index in [2.05, 4.69) is 54.8 Å². The second kappa shape index (κ2) is 11.2. The van der Waals surface area contributed by atoms with Crippen molar-refractivity contribution in [3.05, 3.63) is 35.9 Å². The number of amides is 4. The molecule has 5 rings (SSSR count). The normalized spacial score (nSPS) is 25.8. The van der Waals surface area contributed by atoms with Crippen LogP contribution in [-0.4, -0.2) is 88.8 Å². The predicted octanol–water partition coefficient (Wildman–Crippen LogP) is 4.62. The number of halogens is 1. The third-order valence-electron chi connectivity index (χ3n) is 8.95. The van der Waals surface area contributed by atoms with Crippen molar-refractivity contribution in [3.8, 4) is 0 Å². The summed E-state index contributed by atoms with van der Waals surface area (Å²) in [5.74, 6) is 1.50. The minimum atomic E-state index is -0.657. The van der Waals surface area contributed by atoms with Gasteiger partial charge in [0.15, 0.2) is 0 Å². The van der Waals surface area contributed by atoms with Gasteiger partial charge in [-0.25, -0.2) is 4.79 Å². The lowest BCUT2D eigenvalue weighted by atomic mass is 9.84. The molecule has 4 fully saturated rings. The first-order valence-corrected chi connectivity index (χ1v) is 14.3. The Morgan fingerprint density at radius 2 is 1.66 bits per heavy atom. The quantitative estimate of drug-likeness (QED) is 0.470. The Labute approximate surface area is 234 Å². The van der Waals surface area contributed by atoms with E-state index in [9.17, 15) is 14.4 Å². The smallest absolute Gasteiger partial charge is 0.327 e. The van der Waals surface area contributed by atoms with Gasteiger partial charge in [0, 0.05) is 58.2 Å². The average molecular weight is 545 g/mol. The van der Waals surface area contributed by atoms with E-state index in [4.69, 9.17) is 0 Å². The number of urea groups is 1. The van der Waals surface area contributed by atoms with Gasteiger partial charge in [-0.2, -0.15) is 0 Å². The topological polar surface area (TPSA) is 64.2 Å². The third-order valence-corrected chi connectivity index (χ3v) is 8.95. The summed E-state index contributed by atoms with van der Waals surface area (Å²) in [7, 11) is 0. The molecule has 1 aromatic carbocycles. The summed E-state index contributed by atoms with van der Waals surface area (Å²) in [6, 6.07) is 10.5. The molecule has 7 nitrogen and oxygen atoms in total. The summed E-state index contributed by atoms with van der Waals surface area (Å²) in [5.41, 5.74) is 0.621. The molecule has 0 unspecified atom stereocenters. The van der Waals surface area contributed by atoms with Crippen LogP contribution < -0.4 is 0 Å². The van der Waals surface area contributed by atoms with Crippen LogP contribution in [0.4, 0.5) is 4.79 Å². The molecule has 0 bridgehead atoms. The first-order valence-electron chi connectivity index (χ1n) is 14.3. The molecule has 38 heavy (non-hydrogen) atoms. The van der Waals surface area contributed by atoms with E-state index in [0.29, 0.717) is 43.6 Å². The average Bonchev–Trinajstić information content (AvgIpc) is 3.55. The highest BCUT2D eigenvalue weighted by Crippen LogP contribution is 2.42. The van der Waals surface area contributed by atoms with Crippen LogP contribution >= 0.6 is 12.4 Å². The molecule has 2 atom stereocenters. The molecule has 4 amide bonds. The Hall–Kier alpha value is -2.12. The van der Waals surface area contributed by atoms with Crippen molar-refractivity contribution in [2.24, 2.45) is 17.3 Å². The van der Waals surface area contributed by atoms with E-state index in [1.807, 2.05) is 17.9 Å². The van der Waals surface area contributed by atoms with Crippen LogP contribution in [0.25, 0.3) is 0 Å². The van der Waals surface area contributed by atoms with E-state index in [1.54, 1.807) is 0 Å². The van der Waals surface area contributed by atoms with Crippen LogP contribution in [0.15, 0.2) is 30.3 Å². The number of carbonyl (C=O) groups excluding carboxylic acids is 3. The second-order valence-corrected chi connectivity index (χ2v) is 13.0. The molecule has 1 aromatic rings. The zero-order valence-corrected chi connectivity index (χ0v) is 24.3. The van der Waals surface area contributed by atoms with Gasteiger partial charge in [0.05, 0.1) is 0 Å². The summed E-state index contributed by atoms with van der Waals surface area (Å²) in [6.07, 6.45) is 4.30. The van der Waals surface area contributed by atoms with Crippen molar-refractivity contribution in [3.63, 3.8) is 0 Å². The van der Waals surface area contributed by atoms with E-state index >= 15 is 0 Å². The van der Waals surface area contributed by atoms with E-state index in [1.165, 1.54) is 23.3 Å².